The van der Waals surface area contributed by atoms with Gasteiger partial charge < -0.3 is 43.1 Å². The zero-order valence-electron chi connectivity index (χ0n) is 5.84. The van der Waals surface area contributed by atoms with Gasteiger partial charge in [-0.15, -0.1) is 0 Å². The molecule has 0 heterocycles. The first-order valence-electron chi connectivity index (χ1n) is 1.10. The summed E-state index contributed by atoms with van der Waals surface area (Å²) in [6.45, 7) is 0. The zero-order chi connectivity index (χ0) is 7.15. The summed E-state index contributed by atoms with van der Waals surface area (Å²) in [5, 5.41) is 29.5. The second-order valence-corrected chi connectivity index (χ2v) is 0.447. The second kappa shape index (κ2) is 29.6. The molecule has 0 unspecified atom stereocenters. The van der Waals surface area contributed by atoms with E-state index in [1.54, 1.807) is 0 Å². The van der Waals surface area contributed by atoms with Crippen molar-refractivity contribution in [1.29, 1.82) is 0 Å². The van der Waals surface area contributed by atoms with Crippen molar-refractivity contribution in [2.45, 2.75) is 0 Å². The molecule has 8 nitrogen and oxygen atoms in total. The summed E-state index contributed by atoms with van der Waals surface area (Å²) in [5.41, 5.74) is 0. The Morgan fingerprint density at radius 2 is 0.667 bits per heavy atom. The molecule has 0 aromatic carbocycles. The Morgan fingerprint density at radius 1 is 0.667 bits per heavy atom. The molecule has 0 atom stereocenters. The molecular formula is ClMg3N2O6+3. The van der Waals surface area contributed by atoms with E-state index < -0.39 is 10.2 Å². The third-order valence-electron chi connectivity index (χ3n) is 0. The number of nitrogens with zero attached hydrogens (tertiary/aromatic N) is 2. The minimum Gasteiger partial charge on any atom is -1.00 e. The topological polar surface area (TPSA) is 132 Å². The Morgan fingerprint density at radius 3 is 0.667 bits per heavy atom. The predicted octanol–water partition coefficient (Wildman–Crippen LogP) is -4.62. The molecule has 0 saturated heterocycles. The van der Waals surface area contributed by atoms with Gasteiger partial charge in [0.15, 0.2) is 0 Å². The van der Waals surface area contributed by atoms with E-state index in [4.69, 9.17) is 30.6 Å². The van der Waals surface area contributed by atoms with E-state index >= 15 is 0 Å². The van der Waals surface area contributed by atoms with Crippen LogP contribution in [0.5, 0.6) is 0 Å². The maximum atomic E-state index is 8.25. The zero-order valence-corrected chi connectivity index (χ0v) is 10.8. The van der Waals surface area contributed by atoms with Gasteiger partial charge in [0, 0.05) is 0 Å². The SMILES string of the molecule is O=[N+]([O-])[O-].O=[N+]([O-])[O-].[Cl-].[Mg+2].[Mg+2].[Mg+2]. The van der Waals surface area contributed by atoms with E-state index in [1.807, 2.05) is 0 Å². The Kier molecular flexibility index (Phi) is 94.4. The number of hydrogen-bond donors (Lipinski definition) is 0. The van der Waals surface area contributed by atoms with E-state index in [2.05, 4.69) is 0 Å². The van der Waals surface area contributed by atoms with Gasteiger partial charge in [-0.25, -0.2) is 0 Å². The fourth-order valence-corrected chi connectivity index (χ4v) is 0. The third-order valence-corrected chi connectivity index (χ3v) is 0. The monoisotopic (exact) mass is 231 g/mol. The van der Waals surface area contributed by atoms with Crippen LogP contribution in [-0.4, -0.2) is 79.3 Å². The van der Waals surface area contributed by atoms with Gasteiger partial charge >= 0.3 is 69.2 Å². The molecule has 0 aromatic heterocycles. The van der Waals surface area contributed by atoms with Crippen molar-refractivity contribution in [2.75, 3.05) is 0 Å². The summed E-state index contributed by atoms with van der Waals surface area (Å²) in [7, 11) is 0. The van der Waals surface area contributed by atoms with Gasteiger partial charge in [0.2, 0.25) is 0 Å². The molecule has 0 fully saturated rings. The average molecular weight is 232 g/mol. The maximum absolute atomic E-state index is 8.25. The minimum atomic E-state index is -1.75. The largest absolute Gasteiger partial charge is 2.00 e. The van der Waals surface area contributed by atoms with Crippen molar-refractivity contribution in [3.8, 4) is 0 Å². The van der Waals surface area contributed by atoms with Gasteiger partial charge in [0.1, 0.15) is 0 Å². The van der Waals surface area contributed by atoms with E-state index in [1.165, 1.54) is 0 Å². The van der Waals surface area contributed by atoms with Crippen LogP contribution in [-0.2, 0) is 0 Å². The van der Waals surface area contributed by atoms with Crippen LogP contribution in [0.4, 0.5) is 0 Å². The van der Waals surface area contributed by atoms with Crippen LogP contribution in [0.25, 0.3) is 0 Å². The predicted molar refractivity (Wildman–Crippen MR) is 38.0 cm³/mol. The summed E-state index contributed by atoms with van der Waals surface area (Å²) in [6, 6.07) is 0. The van der Waals surface area contributed by atoms with Crippen LogP contribution in [0.1, 0.15) is 0 Å². The van der Waals surface area contributed by atoms with Crippen LogP contribution in [0, 0.1) is 30.6 Å². The van der Waals surface area contributed by atoms with Crippen LogP contribution >= 0.6 is 0 Å². The molecule has 0 N–H and O–H groups in total. The van der Waals surface area contributed by atoms with Crippen LogP contribution < -0.4 is 12.4 Å². The number of halogens is 1. The average Bonchev–Trinajstić information content (AvgIpc) is 1.25. The first-order chi connectivity index (χ1) is 3.46. The summed E-state index contributed by atoms with van der Waals surface area (Å²) in [6.07, 6.45) is 0. The Hall–Kier alpha value is 0.989. The van der Waals surface area contributed by atoms with Crippen molar-refractivity contribution < 1.29 is 22.6 Å². The van der Waals surface area contributed by atoms with Gasteiger partial charge in [-0.3, -0.25) is 0 Å². The quantitative estimate of drug-likeness (QED) is 0.234. The van der Waals surface area contributed by atoms with Gasteiger partial charge in [-0.2, -0.15) is 0 Å². The second-order valence-electron chi connectivity index (χ2n) is 0.447. The van der Waals surface area contributed by atoms with E-state index in [0.29, 0.717) is 0 Å². The van der Waals surface area contributed by atoms with Crippen LogP contribution in [0.2, 0.25) is 0 Å². The van der Waals surface area contributed by atoms with Gasteiger partial charge in [-0.1, -0.05) is 0 Å². The molecule has 0 saturated carbocycles. The van der Waals surface area contributed by atoms with Gasteiger partial charge in [0.05, 0.1) is 10.2 Å². The van der Waals surface area contributed by atoms with Crippen LogP contribution in [0.15, 0.2) is 0 Å². The van der Waals surface area contributed by atoms with E-state index in [9.17, 15) is 0 Å². The Labute approximate surface area is 121 Å². The van der Waals surface area contributed by atoms with E-state index in [-0.39, 0.29) is 81.6 Å². The molecule has 0 spiro atoms. The summed E-state index contributed by atoms with van der Waals surface area (Å²) >= 11 is 0. The molecule has 0 bridgehead atoms. The number of rotatable bonds is 0. The van der Waals surface area contributed by atoms with Crippen LogP contribution in [0.3, 0.4) is 0 Å². The van der Waals surface area contributed by atoms with Crippen molar-refractivity contribution in [2.24, 2.45) is 0 Å². The van der Waals surface area contributed by atoms with Gasteiger partial charge in [-0.05, 0) is 0 Å². The molecule has 0 radical (unpaired) electrons. The fraction of sp³-hybridized carbons (Fsp3) is 0. The molecule has 12 heteroatoms. The fourth-order valence-electron chi connectivity index (χ4n) is 0. The maximum Gasteiger partial charge on any atom is 2.00 e. The first-order valence-corrected chi connectivity index (χ1v) is 1.10. The molecule has 0 aliphatic heterocycles. The van der Waals surface area contributed by atoms with Crippen molar-refractivity contribution in [3.63, 3.8) is 0 Å². The molecule has 0 aromatic rings. The molecule has 56 valence electrons. The molecule has 0 aliphatic rings. The minimum absolute atomic E-state index is 0. The normalized spacial score (nSPS) is 4.00. The first kappa shape index (κ1) is 38.2. The van der Waals surface area contributed by atoms with Crippen molar-refractivity contribution in [3.05, 3.63) is 30.6 Å². The molecule has 0 aliphatic carbocycles. The third kappa shape index (κ3) is 1120. The summed E-state index contributed by atoms with van der Waals surface area (Å²) < 4.78 is 0. The van der Waals surface area contributed by atoms with Crippen molar-refractivity contribution in [1.82, 2.24) is 0 Å². The van der Waals surface area contributed by atoms with Gasteiger partial charge in [0.25, 0.3) is 0 Å². The smallest absolute Gasteiger partial charge is 1.00 e. The Balaban J connectivity index is -0.0000000112. The van der Waals surface area contributed by atoms with E-state index in [0.717, 1.165) is 0 Å². The molecular weight excluding hydrogens is 232 g/mol. The summed E-state index contributed by atoms with van der Waals surface area (Å²) in [4.78, 5) is 16.5. The number of hydrogen-bond acceptors (Lipinski definition) is 6. The molecule has 0 rings (SSSR count). The Bertz CT molecular complexity index is 78.8. The molecule has 12 heavy (non-hydrogen) atoms. The standard InChI is InChI=1S/ClH.3Mg.2NO3/c;;;;2*2-1(3)4/h1H;;;;;/q;3*+2;2*-1/p-1. The summed E-state index contributed by atoms with van der Waals surface area (Å²) in [5.74, 6) is 0. The molecule has 0 amide bonds. The van der Waals surface area contributed by atoms with Crippen molar-refractivity contribution >= 4 is 69.2 Å².